The SMILES string of the molecule is COCCN=C(C=NN)c1ccc2c(c1)CN(c1ncc(Cc3cccc(-n4cccn4)c3)s1)CC2. The van der Waals surface area contributed by atoms with E-state index in [2.05, 4.69) is 62.6 Å². The highest BCUT2D eigenvalue weighted by Crippen LogP contribution is 2.30. The molecule has 0 saturated heterocycles. The van der Waals surface area contributed by atoms with Crippen LogP contribution in [0.4, 0.5) is 5.13 Å². The van der Waals surface area contributed by atoms with E-state index in [0.717, 1.165) is 48.0 Å². The number of thiazole rings is 1. The molecule has 2 N–H and O–H groups in total. The van der Waals surface area contributed by atoms with E-state index >= 15 is 0 Å². The Labute approximate surface area is 214 Å². The van der Waals surface area contributed by atoms with Crippen LogP contribution in [-0.4, -0.2) is 53.5 Å². The smallest absolute Gasteiger partial charge is 0.185 e. The minimum Gasteiger partial charge on any atom is -0.383 e. The number of ether oxygens (including phenoxy) is 1. The number of hydrazone groups is 1. The van der Waals surface area contributed by atoms with Crippen LogP contribution >= 0.6 is 11.3 Å². The Kier molecular flexibility index (Phi) is 7.49. The zero-order valence-corrected chi connectivity index (χ0v) is 21.1. The Bertz CT molecular complexity index is 1360. The number of hydrogen-bond acceptors (Lipinski definition) is 8. The summed E-state index contributed by atoms with van der Waals surface area (Å²) in [6.07, 6.45) is 9.19. The first kappa shape index (κ1) is 23.9. The third kappa shape index (κ3) is 5.53. The van der Waals surface area contributed by atoms with Gasteiger partial charge in [0.2, 0.25) is 0 Å². The van der Waals surface area contributed by atoms with Gasteiger partial charge in [0.15, 0.2) is 5.13 Å². The van der Waals surface area contributed by atoms with Gasteiger partial charge in [-0.3, -0.25) is 4.99 Å². The van der Waals surface area contributed by atoms with Crippen molar-refractivity contribution in [1.82, 2.24) is 14.8 Å². The molecule has 3 heterocycles. The number of fused-ring (bicyclic) bond motifs is 1. The third-order valence-corrected chi connectivity index (χ3v) is 7.22. The molecule has 2 aromatic carbocycles. The maximum Gasteiger partial charge on any atom is 0.185 e. The number of nitrogens with two attached hydrogens (primary N) is 1. The number of anilines is 1. The summed E-state index contributed by atoms with van der Waals surface area (Å²) in [5.41, 5.74) is 6.74. The fraction of sp³-hybridized carbons (Fsp3) is 0.259. The summed E-state index contributed by atoms with van der Waals surface area (Å²) in [6, 6.07) is 16.9. The van der Waals surface area contributed by atoms with Crippen LogP contribution in [0, 0.1) is 0 Å². The monoisotopic (exact) mass is 499 g/mol. The molecule has 36 heavy (non-hydrogen) atoms. The van der Waals surface area contributed by atoms with E-state index in [9.17, 15) is 0 Å². The van der Waals surface area contributed by atoms with Gasteiger partial charge in [0, 0.05) is 55.7 Å². The number of hydrogen-bond donors (Lipinski definition) is 1. The molecule has 0 atom stereocenters. The van der Waals surface area contributed by atoms with Crippen LogP contribution in [0.25, 0.3) is 5.69 Å². The first-order chi connectivity index (χ1) is 17.7. The predicted octanol–water partition coefficient (Wildman–Crippen LogP) is 3.86. The molecular weight excluding hydrogens is 470 g/mol. The van der Waals surface area contributed by atoms with Gasteiger partial charge in [-0.1, -0.05) is 24.3 Å². The molecule has 0 saturated carbocycles. The van der Waals surface area contributed by atoms with Crippen molar-refractivity contribution < 1.29 is 4.74 Å². The van der Waals surface area contributed by atoms with Crippen LogP contribution in [0.5, 0.6) is 0 Å². The molecule has 184 valence electrons. The summed E-state index contributed by atoms with van der Waals surface area (Å²) in [7, 11) is 1.67. The van der Waals surface area contributed by atoms with Gasteiger partial charge in [-0.25, -0.2) is 9.67 Å². The van der Waals surface area contributed by atoms with Gasteiger partial charge in [-0.15, -0.1) is 11.3 Å². The number of benzene rings is 2. The van der Waals surface area contributed by atoms with E-state index in [1.54, 1.807) is 30.9 Å². The van der Waals surface area contributed by atoms with Crippen LogP contribution < -0.4 is 10.7 Å². The summed E-state index contributed by atoms with van der Waals surface area (Å²) in [6.45, 7) is 2.89. The quantitative estimate of drug-likeness (QED) is 0.163. The Morgan fingerprint density at radius 1 is 1.19 bits per heavy atom. The molecule has 2 aromatic heterocycles. The van der Waals surface area contributed by atoms with E-state index < -0.39 is 0 Å². The van der Waals surface area contributed by atoms with Gasteiger partial charge < -0.3 is 15.5 Å². The van der Waals surface area contributed by atoms with Gasteiger partial charge in [-0.2, -0.15) is 10.2 Å². The number of nitrogens with zero attached hydrogens (tertiary/aromatic N) is 6. The number of aromatic nitrogens is 3. The number of methoxy groups -OCH3 is 1. The molecule has 8 nitrogen and oxygen atoms in total. The average molecular weight is 500 g/mol. The molecule has 0 aliphatic carbocycles. The van der Waals surface area contributed by atoms with Crippen molar-refractivity contribution in [2.75, 3.05) is 31.7 Å². The molecule has 0 spiro atoms. The minimum absolute atomic E-state index is 0.556. The Morgan fingerprint density at radius 2 is 2.14 bits per heavy atom. The maximum absolute atomic E-state index is 5.44. The van der Waals surface area contributed by atoms with Gasteiger partial charge in [0.05, 0.1) is 30.8 Å². The molecule has 0 bridgehead atoms. The summed E-state index contributed by atoms with van der Waals surface area (Å²) in [4.78, 5) is 13.0. The number of aliphatic imine (C=N–C) groups is 1. The Balaban J connectivity index is 1.30. The fourth-order valence-corrected chi connectivity index (χ4v) is 5.34. The molecular formula is C27H29N7OS. The highest BCUT2D eigenvalue weighted by molar-refractivity contribution is 7.15. The van der Waals surface area contributed by atoms with Crippen molar-refractivity contribution in [3.8, 4) is 5.69 Å². The zero-order valence-electron chi connectivity index (χ0n) is 20.2. The highest BCUT2D eigenvalue weighted by Gasteiger charge is 2.20. The van der Waals surface area contributed by atoms with Crippen LogP contribution in [0.2, 0.25) is 0 Å². The molecule has 1 aliphatic heterocycles. The predicted molar refractivity (Wildman–Crippen MR) is 146 cm³/mol. The largest absolute Gasteiger partial charge is 0.383 e. The fourth-order valence-electron chi connectivity index (χ4n) is 4.37. The highest BCUT2D eigenvalue weighted by atomic mass is 32.1. The standard InChI is InChI=1S/C27H29N7OS/c1-35-13-10-29-26(18-31-28)22-7-6-21-8-12-33(19-23(21)16-22)27-30-17-25(36-27)15-20-4-2-5-24(14-20)34-11-3-9-32-34/h2-7,9,11,14,16-18H,8,10,12-13,15,19,28H2,1H3. The Hall–Kier alpha value is -3.82. The van der Waals surface area contributed by atoms with Gasteiger partial charge >= 0.3 is 0 Å². The first-order valence-electron chi connectivity index (χ1n) is 11.9. The second-order valence-electron chi connectivity index (χ2n) is 8.60. The lowest BCUT2D eigenvalue weighted by Gasteiger charge is -2.28. The normalized spacial score (nSPS) is 13.9. The summed E-state index contributed by atoms with van der Waals surface area (Å²) < 4.78 is 7.01. The van der Waals surface area contributed by atoms with Crippen molar-refractivity contribution in [3.63, 3.8) is 0 Å². The number of rotatable bonds is 9. The average Bonchev–Trinajstić information content (AvgIpc) is 3.61. The maximum atomic E-state index is 5.44. The second kappa shape index (κ2) is 11.3. The molecule has 1 aliphatic rings. The molecule has 5 rings (SSSR count). The lowest BCUT2D eigenvalue weighted by atomic mass is 9.96. The lowest BCUT2D eigenvalue weighted by molar-refractivity contribution is 0.208. The molecule has 0 amide bonds. The van der Waals surface area contributed by atoms with Crippen molar-refractivity contribution in [1.29, 1.82) is 0 Å². The summed E-state index contributed by atoms with van der Waals surface area (Å²) in [5.74, 6) is 5.44. The summed E-state index contributed by atoms with van der Waals surface area (Å²) >= 11 is 1.76. The van der Waals surface area contributed by atoms with E-state index in [-0.39, 0.29) is 0 Å². The second-order valence-corrected chi connectivity index (χ2v) is 9.69. The van der Waals surface area contributed by atoms with Crippen molar-refractivity contribution in [3.05, 3.63) is 94.3 Å². The zero-order chi connectivity index (χ0) is 24.7. The molecule has 0 radical (unpaired) electrons. The van der Waals surface area contributed by atoms with Gasteiger partial charge in [0.1, 0.15) is 0 Å². The minimum atomic E-state index is 0.556. The van der Waals surface area contributed by atoms with Crippen molar-refractivity contribution >= 4 is 28.4 Å². The van der Waals surface area contributed by atoms with E-state index in [0.29, 0.717) is 13.2 Å². The van der Waals surface area contributed by atoms with Crippen LogP contribution in [0.15, 0.2) is 77.2 Å². The van der Waals surface area contributed by atoms with Gasteiger partial charge in [-0.05, 0) is 47.4 Å². The van der Waals surface area contributed by atoms with Crippen LogP contribution in [0.3, 0.4) is 0 Å². The van der Waals surface area contributed by atoms with Gasteiger partial charge in [0.25, 0.3) is 0 Å². The topological polar surface area (TPSA) is 93.9 Å². The van der Waals surface area contributed by atoms with Crippen molar-refractivity contribution in [2.45, 2.75) is 19.4 Å². The lowest BCUT2D eigenvalue weighted by Crippen LogP contribution is -2.30. The first-order valence-corrected chi connectivity index (χ1v) is 12.7. The van der Waals surface area contributed by atoms with Crippen LogP contribution in [-0.2, 0) is 24.1 Å². The van der Waals surface area contributed by atoms with Crippen molar-refractivity contribution in [2.24, 2.45) is 15.9 Å². The molecule has 0 fully saturated rings. The molecule has 0 unspecified atom stereocenters. The Morgan fingerprint density at radius 3 is 2.97 bits per heavy atom. The molecule has 9 heteroatoms. The van der Waals surface area contributed by atoms with E-state index in [1.807, 2.05) is 23.1 Å². The van der Waals surface area contributed by atoms with E-state index in [4.69, 9.17) is 15.6 Å². The molecule has 4 aromatic rings. The third-order valence-electron chi connectivity index (χ3n) is 6.16. The summed E-state index contributed by atoms with van der Waals surface area (Å²) in [5, 5.41) is 9.10. The van der Waals surface area contributed by atoms with Crippen LogP contribution in [0.1, 0.15) is 27.1 Å². The van der Waals surface area contributed by atoms with E-state index in [1.165, 1.54) is 21.6 Å².